The first kappa shape index (κ1) is 26.7. The topological polar surface area (TPSA) is 87.1 Å². The van der Waals surface area contributed by atoms with E-state index >= 15 is 0 Å². The molecule has 2 N–H and O–H groups in total. The SMILES string of the molecule is CN(CCC(Oc1cccc2ccccc12)c1cccs1)Cc1ccccc1.O=C(O)C=CC(=O)O. The standard InChI is InChI=1S/C25H25NOS.C4H4O4/c1-26(19-20-9-3-2-4-10-20)17-16-24(25-15-8-18-28-25)27-23-14-7-12-21-11-5-6-13-22(21)23;5-3(6)1-2-4(7)8/h2-15,18,24H,16-17,19H2,1H3;1-2H,(H,5,6)(H,7,8). The van der Waals surface area contributed by atoms with Gasteiger partial charge in [0.2, 0.25) is 0 Å². The second kappa shape index (κ2) is 13.8. The van der Waals surface area contributed by atoms with E-state index in [1.54, 1.807) is 11.3 Å². The van der Waals surface area contributed by atoms with E-state index in [1.807, 2.05) is 0 Å². The van der Waals surface area contributed by atoms with Gasteiger partial charge in [0.25, 0.3) is 0 Å². The van der Waals surface area contributed by atoms with Crippen molar-refractivity contribution in [2.24, 2.45) is 0 Å². The number of carboxylic acids is 2. The highest BCUT2D eigenvalue weighted by atomic mass is 32.1. The van der Waals surface area contributed by atoms with Gasteiger partial charge in [-0.05, 0) is 35.5 Å². The molecule has 1 heterocycles. The molecule has 0 amide bonds. The molecule has 0 saturated heterocycles. The summed E-state index contributed by atoms with van der Waals surface area (Å²) < 4.78 is 6.56. The minimum Gasteiger partial charge on any atom is -0.484 e. The Bertz CT molecular complexity index is 1250. The normalized spacial score (nSPS) is 11.7. The van der Waals surface area contributed by atoms with E-state index in [0.29, 0.717) is 12.2 Å². The molecule has 1 aromatic heterocycles. The molecule has 186 valence electrons. The Kier molecular flexibility index (Phi) is 10.2. The first-order valence-corrected chi connectivity index (χ1v) is 12.3. The minimum absolute atomic E-state index is 0.0593. The van der Waals surface area contributed by atoms with Crippen LogP contribution in [0.2, 0.25) is 0 Å². The van der Waals surface area contributed by atoms with Gasteiger partial charge in [-0.3, -0.25) is 0 Å². The van der Waals surface area contributed by atoms with Crippen molar-refractivity contribution >= 4 is 34.0 Å². The molecule has 36 heavy (non-hydrogen) atoms. The Balaban J connectivity index is 0.000000392. The van der Waals surface area contributed by atoms with Gasteiger partial charge in [0.1, 0.15) is 11.9 Å². The van der Waals surface area contributed by atoms with Crippen LogP contribution in [0.5, 0.6) is 5.75 Å². The Morgan fingerprint density at radius 3 is 2.22 bits per heavy atom. The van der Waals surface area contributed by atoms with Crippen LogP contribution in [-0.4, -0.2) is 40.6 Å². The van der Waals surface area contributed by atoms with Crippen LogP contribution in [0.1, 0.15) is 23.0 Å². The number of carboxylic acid groups (broad SMARTS) is 2. The smallest absolute Gasteiger partial charge is 0.328 e. The minimum atomic E-state index is -1.26. The zero-order valence-electron chi connectivity index (χ0n) is 20.0. The quantitative estimate of drug-likeness (QED) is 0.249. The molecule has 0 bridgehead atoms. The summed E-state index contributed by atoms with van der Waals surface area (Å²) in [6.07, 6.45) is 2.13. The number of ether oxygens (including phenoxy) is 1. The van der Waals surface area contributed by atoms with Gasteiger partial charge in [-0.2, -0.15) is 0 Å². The maximum absolute atomic E-state index is 9.55. The van der Waals surface area contributed by atoms with E-state index in [0.717, 1.165) is 25.3 Å². The van der Waals surface area contributed by atoms with Crippen molar-refractivity contribution in [1.82, 2.24) is 4.90 Å². The fourth-order valence-electron chi connectivity index (χ4n) is 3.64. The zero-order chi connectivity index (χ0) is 25.8. The number of nitrogens with zero attached hydrogens (tertiary/aromatic N) is 1. The Hall–Kier alpha value is -3.94. The van der Waals surface area contributed by atoms with Crippen LogP contribution in [0, 0.1) is 0 Å². The average Bonchev–Trinajstić information content (AvgIpc) is 3.41. The average molecular weight is 504 g/mol. The molecule has 0 radical (unpaired) electrons. The number of benzene rings is 3. The Labute approximate surface area is 214 Å². The Morgan fingerprint density at radius 1 is 0.889 bits per heavy atom. The third kappa shape index (κ3) is 8.69. The van der Waals surface area contributed by atoms with Crippen molar-refractivity contribution in [3.8, 4) is 5.75 Å². The third-order valence-corrected chi connectivity index (χ3v) is 6.28. The number of thiophene rings is 1. The van der Waals surface area contributed by atoms with E-state index in [4.69, 9.17) is 14.9 Å². The number of aliphatic carboxylic acids is 2. The van der Waals surface area contributed by atoms with E-state index in [1.165, 1.54) is 21.2 Å². The summed E-state index contributed by atoms with van der Waals surface area (Å²) in [4.78, 5) is 22.7. The molecular weight excluding hydrogens is 474 g/mol. The zero-order valence-corrected chi connectivity index (χ0v) is 20.8. The lowest BCUT2D eigenvalue weighted by molar-refractivity contribution is -0.134. The summed E-state index contributed by atoms with van der Waals surface area (Å²) in [5.74, 6) is -1.55. The first-order chi connectivity index (χ1) is 17.4. The summed E-state index contributed by atoms with van der Waals surface area (Å²) in [6.45, 7) is 1.93. The van der Waals surface area contributed by atoms with Crippen molar-refractivity contribution in [2.45, 2.75) is 19.1 Å². The number of fused-ring (bicyclic) bond motifs is 1. The van der Waals surface area contributed by atoms with E-state index < -0.39 is 11.9 Å². The predicted molar refractivity (Wildman–Crippen MR) is 143 cm³/mol. The summed E-state index contributed by atoms with van der Waals surface area (Å²) in [5, 5.41) is 20.1. The number of hydrogen-bond donors (Lipinski definition) is 2. The van der Waals surface area contributed by atoms with Gasteiger partial charge in [-0.15, -0.1) is 11.3 Å². The lowest BCUT2D eigenvalue weighted by Gasteiger charge is -2.23. The van der Waals surface area contributed by atoms with Crippen LogP contribution in [0.4, 0.5) is 0 Å². The second-order valence-electron chi connectivity index (χ2n) is 8.12. The molecule has 3 aromatic carbocycles. The van der Waals surface area contributed by atoms with E-state index in [-0.39, 0.29) is 6.10 Å². The highest BCUT2D eigenvalue weighted by molar-refractivity contribution is 7.10. The Morgan fingerprint density at radius 2 is 1.56 bits per heavy atom. The van der Waals surface area contributed by atoms with Crippen LogP contribution in [-0.2, 0) is 16.1 Å². The molecule has 7 heteroatoms. The molecule has 0 saturated carbocycles. The van der Waals surface area contributed by atoms with Crippen molar-refractivity contribution < 1.29 is 24.5 Å². The predicted octanol–water partition coefficient (Wildman–Crippen LogP) is 6.26. The third-order valence-electron chi connectivity index (χ3n) is 5.32. The fraction of sp³-hybridized carbons (Fsp3) is 0.172. The molecule has 0 aliphatic heterocycles. The summed E-state index contributed by atoms with van der Waals surface area (Å²) in [6, 6.07) is 29.6. The molecule has 1 atom stereocenters. The van der Waals surface area contributed by atoms with Gasteiger partial charge >= 0.3 is 11.9 Å². The molecule has 1 unspecified atom stereocenters. The maximum atomic E-state index is 9.55. The molecule has 6 nitrogen and oxygen atoms in total. The van der Waals surface area contributed by atoms with Crippen molar-refractivity contribution in [3.63, 3.8) is 0 Å². The maximum Gasteiger partial charge on any atom is 0.328 e. The van der Waals surface area contributed by atoms with Gasteiger partial charge in [0.15, 0.2) is 0 Å². The molecule has 0 aliphatic carbocycles. The van der Waals surface area contributed by atoms with Gasteiger partial charge in [-0.1, -0.05) is 72.8 Å². The first-order valence-electron chi connectivity index (χ1n) is 11.5. The van der Waals surface area contributed by atoms with Crippen LogP contribution in [0.25, 0.3) is 10.8 Å². The number of rotatable bonds is 10. The summed E-state index contributed by atoms with van der Waals surface area (Å²) in [5.41, 5.74) is 1.34. The monoisotopic (exact) mass is 503 g/mol. The van der Waals surface area contributed by atoms with Crippen LogP contribution in [0.3, 0.4) is 0 Å². The van der Waals surface area contributed by atoms with Crippen LogP contribution in [0.15, 0.2) is 102 Å². The van der Waals surface area contributed by atoms with Crippen LogP contribution >= 0.6 is 11.3 Å². The van der Waals surface area contributed by atoms with Gasteiger partial charge in [0.05, 0.1) is 0 Å². The van der Waals surface area contributed by atoms with E-state index in [2.05, 4.69) is 102 Å². The highest BCUT2D eigenvalue weighted by Crippen LogP contribution is 2.33. The largest absolute Gasteiger partial charge is 0.484 e. The summed E-state index contributed by atoms with van der Waals surface area (Å²) >= 11 is 1.77. The van der Waals surface area contributed by atoms with Gasteiger partial charge in [0, 0.05) is 41.9 Å². The lowest BCUT2D eigenvalue weighted by Crippen LogP contribution is -2.22. The fourth-order valence-corrected chi connectivity index (χ4v) is 4.43. The van der Waals surface area contributed by atoms with Gasteiger partial charge < -0.3 is 19.8 Å². The van der Waals surface area contributed by atoms with Gasteiger partial charge in [-0.25, -0.2) is 9.59 Å². The second-order valence-corrected chi connectivity index (χ2v) is 9.10. The summed E-state index contributed by atoms with van der Waals surface area (Å²) in [7, 11) is 2.18. The molecular formula is C29H29NO5S. The molecule has 0 spiro atoms. The molecule has 0 fully saturated rings. The van der Waals surface area contributed by atoms with E-state index in [9.17, 15) is 9.59 Å². The number of carbonyl (C=O) groups is 2. The van der Waals surface area contributed by atoms with Crippen molar-refractivity contribution in [1.29, 1.82) is 0 Å². The lowest BCUT2D eigenvalue weighted by atomic mass is 10.1. The molecule has 4 aromatic rings. The molecule has 4 rings (SSSR count). The van der Waals surface area contributed by atoms with Crippen LogP contribution < -0.4 is 4.74 Å². The van der Waals surface area contributed by atoms with Crippen molar-refractivity contribution in [2.75, 3.05) is 13.6 Å². The molecule has 0 aliphatic rings. The number of hydrogen-bond acceptors (Lipinski definition) is 5. The highest BCUT2D eigenvalue weighted by Gasteiger charge is 2.17. The van der Waals surface area contributed by atoms with Crippen molar-refractivity contribution in [3.05, 3.63) is 113 Å².